The van der Waals surface area contributed by atoms with Gasteiger partial charge in [-0.2, -0.15) is 5.26 Å². The average Bonchev–Trinajstić information content (AvgIpc) is 2.95. The van der Waals surface area contributed by atoms with Crippen LogP contribution in [0.4, 0.5) is 15.9 Å². The van der Waals surface area contributed by atoms with Crippen LogP contribution < -0.4 is 4.90 Å². The molecular weight excluding hydrogens is 535 g/mol. The summed E-state index contributed by atoms with van der Waals surface area (Å²) >= 11 is 6.66. The average molecular weight is 561 g/mol. The second kappa shape index (κ2) is 12.0. The number of piperazine rings is 1. The lowest BCUT2D eigenvalue weighted by atomic mass is 10.0. The van der Waals surface area contributed by atoms with E-state index >= 15 is 0 Å². The second-order valence-corrected chi connectivity index (χ2v) is 9.41. The molecule has 9 nitrogen and oxygen atoms in total. The van der Waals surface area contributed by atoms with Gasteiger partial charge in [0.15, 0.2) is 5.82 Å². The molecule has 2 aromatic carbocycles. The summed E-state index contributed by atoms with van der Waals surface area (Å²) in [6.45, 7) is 6.70. The first-order valence-corrected chi connectivity index (χ1v) is 12.7. The van der Waals surface area contributed by atoms with Crippen molar-refractivity contribution < 1.29 is 19.1 Å². The Morgan fingerprint density at radius 2 is 2.05 bits per heavy atom. The van der Waals surface area contributed by atoms with E-state index in [1.807, 2.05) is 11.8 Å². The molecule has 11 heteroatoms. The number of rotatable bonds is 6. The van der Waals surface area contributed by atoms with Crippen molar-refractivity contribution in [1.29, 1.82) is 5.26 Å². The van der Waals surface area contributed by atoms with Crippen molar-refractivity contribution >= 4 is 41.3 Å². The number of nitriles is 1. The van der Waals surface area contributed by atoms with Gasteiger partial charge in [0, 0.05) is 32.7 Å². The molecule has 0 bridgehead atoms. The summed E-state index contributed by atoms with van der Waals surface area (Å²) in [6, 6.07) is 13.7. The number of halogens is 2. The van der Waals surface area contributed by atoms with Crippen molar-refractivity contribution in [2.75, 3.05) is 31.6 Å². The fourth-order valence-electron chi connectivity index (χ4n) is 4.75. The number of hydrogen-bond acceptors (Lipinski definition) is 6. The number of aromatic nitrogens is 1. The van der Waals surface area contributed by atoms with Gasteiger partial charge in [0.05, 0.1) is 33.1 Å². The maximum atomic E-state index is 14.9. The zero-order valence-corrected chi connectivity index (χ0v) is 22.6. The Kier molecular flexibility index (Phi) is 8.46. The molecule has 3 aromatic rings. The highest BCUT2D eigenvalue weighted by Gasteiger charge is 2.32. The molecule has 204 valence electrons. The number of hydrogen-bond donors (Lipinski definition) is 1. The van der Waals surface area contributed by atoms with Gasteiger partial charge in [0.25, 0.3) is 0 Å². The maximum absolute atomic E-state index is 14.9. The number of para-hydroxylation sites is 1. The van der Waals surface area contributed by atoms with Crippen LogP contribution in [0.25, 0.3) is 11.3 Å². The second-order valence-electron chi connectivity index (χ2n) is 9.01. The summed E-state index contributed by atoms with van der Waals surface area (Å²) in [5, 5.41) is 20.2. The maximum Gasteiger partial charge on any atom is 0.246 e. The molecule has 4 rings (SSSR count). The molecule has 2 heterocycles. The lowest BCUT2D eigenvalue weighted by Gasteiger charge is -2.41. The number of pyridine rings is 1. The molecule has 0 aliphatic carbocycles. The van der Waals surface area contributed by atoms with Crippen LogP contribution in [0.5, 0.6) is 5.75 Å². The summed E-state index contributed by atoms with van der Waals surface area (Å²) in [6.07, 6.45) is 1.77. The molecule has 0 saturated carbocycles. The zero-order valence-electron chi connectivity index (χ0n) is 21.9. The molecule has 1 atom stereocenters. The van der Waals surface area contributed by atoms with Gasteiger partial charge in [0.2, 0.25) is 12.3 Å². The van der Waals surface area contributed by atoms with E-state index in [-0.39, 0.29) is 51.0 Å². The van der Waals surface area contributed by atoms with Gasteiger partial charge in [-0.3, -0.25) is 19.5 Å². The summed E-state index contributed by atoms with van der Waals surface area (Å²) < 4.78 is 14.9. The zero-order chi connectivity index (χ0) is 29.0. The first-order chi connectivity index (χ1) is 19.2. The van der Waals surface area contributed by atoms with E-state index in [9.17, 15) is 24.3 Å². The van der Waals surface area contributed by atoms with E-state index in [1.165, 1.54) is 29.2 Å². The lowest BCUT2D eigenvalue weighted by Crippen LogP contribution is -2.55. The van der Waals surface area contributed by atoms with Crippen molar-refractivity contribution in [3.8, 4) is 23.1 Å². The molecular formula is C29H26ClFN6O3. The number of anilines is 2. The highest BCUT2D eigenvalue weighted by atomic mass is 35.5. The van der Waals surface area contributed by atoms with Crippen molar-refractivity contribution in [1.82, 2.24) is 14.8 Å². The van der Waals surface area contributed by atoms with Crippen molar-refractivity contribution in [3.63, 3.8) is 0 Å². The molecule has 1 unspecified atom stereocenters. The van der Waals surface area contributed by atoms with E-state index in [1.54, 1.807) is 36.2 Å². The monoisotopic (exact) mass is 560 g/mol. The van der Waals surface area contributed by atoms with E-state index in [0.29, 0.717) is 37.4 Å². The number of benzene rings is 2. The van der Waals surface area contributed by atoms with E-state index in [4.69, 9.17) is 11.6 Å². The Bertz CT molecular complexity index is 1530. The SMILES string of the molecule is C=CC(=O)N1CCN(/C(=N/C)c2cc(Cl)c(-c3c(O)cccc3F)nc2N(C=O)c2ccccc2C#N)C(C)C1. The normalized spacial score (nSPS) is 15.4. The number of amides is 2. The number of nitrogens with zero attached hydrogens (tertiary/aromatic N) is 6. The molecule has 1 aromatic heterocycles. The van der Waals surface area contributed by atoms with Crippen LogP contribution in [0.1, 0.15) is 18.1 Å². The van der Waals surface area contributed by atoms with Crippen LogP contribution in [0.3, 0.4) is 0 Å². The molecule has 0 spiro atoms. The Hall–Kier alpha value is -4.75. The Labute approximate surface area is 236 Å². The summed E-state index contributed by atoms with van der Waals surface area (Å²) in [4.78, 5) is 38.7. The molecule has 1 aliphatic rings. The van der Waals surface area contributed by atoms with Gasteiger partial charge in [-0.05, 0) is 43.3 Å². The van der Waals surface area contributed by atoms with Gasteiger partial charge in [0.1, 0.15) is 23.5 Å². The van der Waals surface area contributed by atoms with E-state index in [2.05, 4.69) is 22.6 Å². The van der Waals surface area contributed by atoms with Crippen LogP contribution in [0.15, 0.2) is 66.2 Å². The van der Waals surface area contributed by atoms with Crippen LogP contribution in [-0.2, 0) is 9.59 Å². The molecule has 40 heavy (non-hydrogen) atoms. The Balaban J connectivity index is 1.94. The minimum atomic E-state index is -0.760. The standard InChI is InChI=1S/C29H26ClFN6O3/c1-4-25(40)35-12-13-36(18(2)16-35)28(33-3)20-14-21(30)27(26-22(31)9-7-11-24(26)39)34-29(20)37(17-38)23-10-6-5-8-19(23)15-32/h4-11,14,17-18,39H,1,12-13,16H2,2-3H3/b33-28+. The number of phenols is 1. The number of carbonyl (C=O) groups excluding carboxylic acids is 2. The summed E-state index contributed by atoms with van der Waals surface area (Å²) in [5.74, 6) is -0.875. The van der Waals surface area contributed by atoms with Crippen LogP contribution >= 0.6 is 11.6 Å². The highest BCUT2D eigenvalue weighted by Crippen LogP contribution is 2.40. The highest BCUT2D eigenvalue weighted by molar-refractivity contribution is 6.33. The predicted octanol–water partition coefficient (Wildman–Crippen LogP) is 4.51. The van der Waals surface area contributed by atoms with Gasteiger partial charge in [-0.25, -0.2) is 9.37 Å². The van der Waals surface area contributed by atoms with Crippen molar-refractivity contribution in [3.05, 3.63) is 83.2 Å². The lowest BCUT2D eigenvalue weighted by molar-refractivity contribution is -0.128. The van der Waals surface area contributed by atoms with Crippen LogP contribution in [0.2, 0.25) is 5.02 Å². The smallest absolute Gasteiger partial charge is 0.246 e. The fraction of sp³-hybridized carbons (Fsp3) is 0.207. The van der Waals surface area contributed by atoms with Gasteiger partial charge >= 0.3 is 0 Å². The molecule has 2 amide bonds. The first kappa shape index (κ1) is 28.3. The quantitative estimate of drug-likeness (QED) is 0.205. The van der Waals surface area contributed by atoms with Gasteiger partial charge < -0.3 is 14.9 Å². The number of aromatic hydroxyl groups is 1. The number of phenolic OH excluding ortho intramolecular Hbond substituents is 1. The summed E-state index contributed by atoms with van der Waals surface area (Å²) in [7, 11) is 1.58. The molecule has 1 N–H and O–H groups in total. The third-order valence-corrected chi connectivity index (χ3v) is 6.93. The third kappa shape index (κ3) is 5.24. The van der Waals surface area contributed by atoms with Crippen molar-refractivity contribution in [2.45, 2.75) is 13.0 Å². The number of carbonyl (C=O) groups is 2. The van der Waals surface area contributed by atoms with Crippen LogP contribution in [0, 0.1) is 17.1 Å². The van der Waals surface area contributed by atoms with Crippen LogP contribution in [-0.4, -0.2) is 70.8 Å². The number of amidine groups is 1. The minimum absolute atomic E-state index is 0.00726. The van der Waals surface area contributed by atoms with Crippen molar-refractivity contribution in [2.24, 2.45) is 4.99 Å². The number of aliphatic imine (C=N–C) groups is 1. The predicted molar refractivity (Wildman–Crippen MR) is 151 cm³/mol. The van der Waals surface area contributed by atoms with Gasteiger partial charge in [-0.15, -0.1) is 0 Å². The fourth-order valence-corrected chi connectivity index (χ4v) is 5.00. The molecule has 1 fully saturated rings. The summed E-state index contributed by atoms with van der Waals surface area (Å²) in [5.41, 5.74) is 0.446. The third-order valence-electron chi connectivity index (χ3n) is 6.64. The Morgan fingerprint density at radius 3 is 2.67 bits per heavy atom. The molecule has 0 radical (unpaired) electrons. The van der Waals surface area contributed by atoms with E-state index < -0.39 is 5.82 Å². The largest absolute Gasteiger partial charge is 0.507 e. The Morgan fingerprint density at radius 1 is 1.30 bits per heavy atom. The minimum Gasteiger partial charge on any atom is -0.507 e. The van der Waals surface area contributed by atoms with E-state index in [0.717, 1.165) is 6.07 Å². The topological polar surface area (TPSA) is 113 Å². The molecule has 1 aliphatic heterocycles. The first-order valence-electron chi connectivity index (χ1n) is 12.3. The molecule has 1 saturated heterocycles. The van der Waals surface area contributed by atoms with Gasteiger partial charge in [-0.1, -0.05) is 36.4 Å².